The van der Waals surface area contributed by atoms with Crippen LogP contribution in [-0.4, -0.2) is 36.3 Å². The maximum atomic E-state index is 11.6. The first kappa shape index (κ1) is 13.1. The lowest BCUT2D eigenvalue weighted by molar-refractivity contribution is -0.132. The molecule has 0 unspecified atom stereocenters. The number of phenolic OH excluding ortho intramolecular Hbond substituents is 1. The minimum atomic E-state index is -3.86. The molecule has 0 amide bonds. The Morgan fingerprint density at radius 1 is 1.32 bits per heavy atom. The number of aliphatic carboxylic acids is 1. The van der Waals surface area contributed by atoms with Crippen LogP contribution in [0.4, 0.5) is 0 Å². The molecule has 0 spiro atoms. The minimum Gasteiger partial charge on any atom is -0.504 e. The summed E-state index contributed by atoms with van der Waals surface area (Å²) in [5.74, 6) is -1.49. The van der Waals surface area contributed by atoms with Crippen LogP contribution < -0.4 is 4.74 Å². The van der Waals surface area contributed by atoms with Crippen molar-refractivity contribution in [2.75, 3.05) is 6.61 Å². The number of sulfone groups is 1. The van der Waals surface area contributed by atoms with Crippen LogP contribution in [0.25, 0.3) is 0 Å². The first-order valence-corrected chi connectivity index (χ1v) is 6.63. The zero-order valence-corrected chi connectivity index (χ0v) is 10.3. The summed E-state index contributed by atoms with van der Waals surface area (Å²) in [6.45, 7) is -0.451. The zero-order valence-electron chi connectivity index (χ0n) is 9.48. The molecular weight excluding hydrogens is 274 g/mol. The number of benzene rings is 1. The monoisotopic (exact) mass is 283 g/mol. The third-order valence-corrected chi connectivity index (χ3v) is 3.68. The van der Waals surface area contributed by atoms with Gasteiger partial charge in [0.2, 0.25) is 9.84 Å². The highest BCUT2D eigenvalue weighted by atomic mass is 32.2. The molecule has 8 heteroatoms. The average Bonchev–Trinajstić information content (AvgIpc) is 2.64. The lowest BCUT2D eigenvalue weighted by Crippen LogP contribution is -2.17. The van der Waals surface area contributed by atoms with Crippen molar-refractivity contribution in [2.24, 2.45) is 4.99 Å². The third kappa shape index (κ3) is 2.74. The van der Waals surface area contributed by atoms with Crippen LogP contribution in [-0.2, 0) is 14.6 Å². The van der Waals surface area contributed by atoms with Crippen molar-refractivity contribution >= 4 is 20.9 Å². The van der Waals surface area contributed by atoms with Gasteiger partial charge in [0.25, 0.3) is 0 Å². The van der Waals surface area contributed by atoms with Crippen LogP contribution in [0.5, 0.6) is 11.5 Å². The average molecular weight is 283 g/mol. The summed E-state index contributed by atoms with van der Waals surface area (Å²) in [5, 5.41) is 18.3. The number of carbonyl (C=O) groups is 1. The SMILES string of the molecule is O=C(O)C1=CS(=O)(=O)C(COc2ccccc2O)=N1. The smallest absolute Gasteiger partial charge is 0.355 e. The normalized spacial score (nSPS) is 16.6. The van der Waals surface area contributed by atoms with Gasteiger partial charge in [-0.3, -0.25) is 0 Å². The van der Waals surface area contributed by atoms with Crippen LogP contribution in [0.2, 0.25) is 0 Å². The van der Waals surface area contributed by atoms with Gasteiger partial charge in [-0.2, -0.15) is 0 Å². The fourth-order valence-corrected chi connectivity index (χ4v) is 2.40. The largest absolute Gasteiger partial charge is 0.504 e. The Balaban J connectivity index is 2.16. The second-order valence-corrected chi connectivity index (χ2v) is 5.41. The van der Waals surface area contributed by atoms with Crippen molar-refractivity contribution in [2.45, 2.75) is 0 Å². The van der Waals surface area contributed by atoms with Gasteiger partial charge in [0.05, 0.1) is 5.41 Å². The van der Waals surface area contributed by atoms with E-state index in [9.17, 15) is 18.3 Å². The predicted molar refractivity (Wildman–Crippen MR) is 65.7 cm³/mol. The molecule has 0 aromatic heterocycles. The summed E-state index contributed by atoms with van der Waals surface area (Å²) >= 11 is 0. The number of para-hydroxylation sites is 2. The molecule has 0 aliphatic carbocycles. The molecule has 2 N–H and O–H groups in total. The Bertz CT molecular complexity index is 689. The molecule has 0 atom stereocenters. The lowest BCUT2D eigenvalue weighted by atomic mass is 10.3. The van der Waals surface area contributed by atoms with E-state index >= 15 is 0 Å². The molecule has 2 rings (SSSR count). The number of phenols is 1. The summed E-state index contributed by atoms with van der Waals surface area (Å²) in [7, 11) is -3.86. The van der Waals surface area contributed by atoms with Crippen LogP contribution in [0.1, 0.15) is 0 Å². The molecule has 1 aromatic rings. The first-order valence-electron chi connectivity index (χ1n) is 5.08. The van der Waals surface area contributed by atoms with E-state index in [0.29, 0.717) is 5.41 Å². The summed E-state index contributed by atoms with van der Waals surface area (Å²) in [6, 6.07) is 6.00. The molecule has 100 valence electrons. The van der Waals surface area contributed by atoms with E-state index in [-0.39, 0.29) is 11.5 Å². The summed E-state index contributed by atoms with van der Waals surface area (Å²) in [5.41, 5.74) is -0.559. The molecule has 1 heterocycles. The van der Waals surface area contributed by atoms with Gasteiger partial charge in [-0.05, 0) is 12.1 Å². The lowest BCUT2D eigenvalue weighted by Gasteiger charge is -2.06. The molecule has 1 aliphatic rings. The van der Waals surface area contributed by atoms with Crippen molar-refractivity contribution < 1.29 is 28.2 Å². The van der Waals surface area contributed by atoms with E-state index in [2.05, 4.69) is 4.99 Å². The summed E-state index contributed by atoms with van der Waals surface area (Å²) in [6.07, 6.45) is 0. The molecule has 1 aliphatic heterocycles. The molecule has 0 bridgehead atoms. The van der Waals surface area contributed by atoms with Gasteiger partial charge in [0.15, 0.2) is 22.2 Å². The van der Waals surface area contributed by atoms with E-state index in [1.807, 2.05) is 0 Å². The van der Waals surface area contributed by atoms with Gasteiger partial charge < -0.3 is 14.9 Å². The van der Waals surface area contributed by atoms with Crippen LogP contribution in [0.15, 0.2) is 40.4 Å². The Hall–Kier alpha value is -2.35. The topological polar surface area (TPSA) is 113 Å². The molecular formula is C11H9NO6S. The van der Waals surface area contributed by atoms with Gasteiger partial charge in [-0.25, -0.2) is 18.2 Å². The van der Waals surface area contributed by atoms with Gasteiger partial charge in [0, 0.05) is 0 Å². The van der Waals surface area contributed by atoms with E-state index in [4.69, 9.17) is 9.84 Å². The fraction of sp³-hybridized carbons (Fsp3) is 0.0909. The Morgan fingerprint density at radius 3 is 2.58 bits per heavy atom. The second kappa shape index (κ2) is 4.73. The van der Waals surface area contributed by atoms with Gasteiger partial charge in [-0.15, -0.1) is 0 Å². The summed E-state index contributed by atoms with van der Waals surface area (Å²) < 4.78 is 28.2. The van der Waals surface area contributed by atoms with Crippen molar-refractivity contribution in [1.82, 2.24) is 0 Å². The van der Waals surface area contributed by atoms with E-state index in [1.165, 1.54) is 12.1 Å². The quantitative estimate of drug-likeness (QED) is 0.833. The number of hydrogen-bond donors (Lipinski definition) is 2. The summed E-state index contributed by atoms with van der Waals surface area (Å²) in [4.78, 5) is 14.1. The van der Waals surface area contributed by atoms with Crippen LogP contribution >= 0.6 is 0 Å². The van der Waals surface area contributed by atoms with Gasteiger partial charge in [-0.1, -0.05) is 12.1 Å². The predicted octanol–water partition coefficient (Wildman–Crippen LogP) is 0.524. The molecule has 0 fully saturated rings. The number of carboxylic acid groups (broad SMARTS) is 1. The van der Waals surface area contributed by atoms with Crippen molar-refractivity contribution in [1.29, 1.82) is 0 Å². The van der Waals surface area contributed by atoms with Gasteiger partial charge >= 0.3 is 5.97 Å². The second-order valence-electron chi connectivity index (χ2n) is 3.62. The Kier molecular flexibility index (Phi) is 3.26. The third-order valence-electron chi connectivity index (χ3n) is 2.28. The number of rotatable bonds is 4. The maximum absolute atomic E-state index is 11.6. The van der Waals surface area contributed by atoms with Crippen molar-refractivity contribution in [3.63, 3.8) is 0 Å². The molecule has 7 nitrogen and oxygen atoms in total. The fourth-order valence-electron chi connectivity index (χ4n) is 1.37. The van der Waals surface area contributed by atoms with Gasteiger partial charge in [0.1, 0.15) is 6.61 Å². The molecule has 0 radical (unpaired) electrons. The van der Waals surface area contributed by atoms with Crippen molar-refractivity contribution in [3.8, 4) is 11.5 Å². The molecule has 0 saturated carbocycles. The van der Waals surface area contributed by atoms with Crippen LogP contribution in [0, 0.1) is 0 Å². The maximum Gasteiger partial charge on any atom is 0.355 e. The number of carboxylic acids is 1. The number of ether oxygens (including phenoxy) is 1. The number of hydrogen-bond acceptors (Lipinski definition) is 6. The molecule has 0 saturated heterocycles. The highest BCUT2D eigenvalue weighted by molar-refractivity contribution is 8.09. The van der Waals surface area contributed by atoms with E-state index < -0.39 is 33.2 Å². The highest BCUT2D eigenvalue weighted by Crippen LogP contribution is 2.25. The van der Waals surface area contributed by atoms with E-state index in [0.717, 1.165) is 0 Å². The standard InChI is InChI=1S/C11H9NO6S/c13-8-3-1-2-4-9(8)18-5-10-12-7(11(14)15)6-19(10,16)17/h1-4,6,13H,5H2,(H,14,15). The number of aliphatic imine (C=N–C) groups is 1. The zero-order chi connectivity index (χ0) is 14.0. The molecule has 19 heavy (non-hydrogen) atoms. The Morgan fingerprint density at radius 2 is 2.00 bits per heavy atom. The van der Waals surface area contributed by atoms with E-state index in [1.54, 1.807) is 12.1 Å². The minimum absolute atomic E-state index is 0.0872. The highest BCUT2D eigenvalue weighted by Gasteiger charge is 2.28. The first-order chi connectivity index (χ1) is 8.90. The molecule has 1 aromatic carbocycles. The Labute approximate surface area is 108 Å². The number of aromatic hydroxyl groups is 1. The van der Waals surface area contributed by atoms with Crippen LogP contribution in [0.3, 0.4) is 0 Å². The number of nitrogens with zero attached hydrogens (tertiary/aromatic N) is 1. The van der Waals surface area contributed by atoms with Crippen molar-refractivity contribution in [3.05, 3.63) is 35.4 Å².